The largest absolute Gasteiger partial charge is 0.496 e. The van der Waals surface area contributed by atoms with Crippen LogP contribution in [0.3, 0.4) is 0 Å². The summed E-state index contributed by atoms with van der Waals surface area (Å²) >= 11 is 0. The highest BCUT2D eigenvalue weighted by Crippen LogP contribution is 2.34. The molecule has 2 aromatic rings. The summed E-state index contributed by atoms with van der Waals surface area (Å²) in [6.45, 7) is 6.14. The molecule has 0 fully saturated rings. The van der Waals surface area contributed by atoms with E-state index in [-0.39, 0.29) is 11.8 Å². The number of amides is 2. The van der Waals surface area contributed by atoms with E-state index in [1.165, 1.54) is 4.90 Å². The van der Waals surface area contributed by atoms with E-state index >= 15 is 0 Å². The molecule has 0 saturated heterocycles. The van der Waals surface area contributed by atoms with Crippen molar-refractivity contribution in [3.05, 3.63) is 59.2 Å². The second-order valence-electron chi connectivity index (χ2n) is 8.10. The molecule has 7 heteroatoms. The van der Waals surface area contributed by atoms with Crippen LogP contribution in [0.1, 0.15) is 42.3 Å². The lowest BCUT2D eigenvalue weighted by molar-refractivity contribution is -0.120. The van der Waals surface area contributed by atoms with Crippen molar-refractivity contribution in [3.8, 4) is 5.75 Å². The van der Waals surface area contributed by atoms with E-state index in [4.69, 9.17) is 4.74 Å². The van der Waals surface area contributed by atoms with Crippen molar-refractivity contribution in [2.24, 2.45) is 0 Å². The predicted molar refractivity (Wildman–Crippen MR) is 116 cm³/mol. The molecule has 2 aromatic carbocycles. The van der Waals surface area contributed by atoms with Gasteiger partial charge in [-0.05, 0) is 35.2 Å². The van der Waals surface area contributed by atoms with Crippen LogP contribution in [-0.2, 0) is 16.6 Å². The van der Waals surface area contributed by atoms with Crippen LogP contribution in [-0.4, -0.2) is 43.6 Å². The molecular weight excluding hydrogens is 384 g/mol. The molecule has 7 nitrogen and oxygen atoms in total. The molecule has 0 spiro atoms. The fraction of sp³-hybridized carbons (Fsp3) is 0.348. The van der Waals surface area contributed by atoms with E-state index in [1.54, 1.807) is 50.6 Å². The van der Waals surface area contributed by atoms with E-state index in [1.807, 2.05) is 26.8 Å². The Labute approximate surface area is 176 Å². The van der Waals surface area contributed by atoms with Crippen LogP contribution < -0.4 is 15.0 Å². The van der Waals surface area contributed by atoms with Gasteiger partial charge in [0.25, 0.3) is 0 Å². The van der Waals surface area contributed by atoms with E-state index in [0.29, 0.717) is 23.1 Å². The predicted octanol–water partition coefficient (Wildman–Crippen LogP) is 3.65. The van der Waals surface area contributed by atoms with Gasteiger partial charge in [0.15, 0.2) is 0 Å². The van der Waals surface area contributed by atoms with E-state index in [2.05, 4.69) is 5.32 Å². The van der Waals surface area contributed by atoms with Crippen molar-refractivity contribution in [2.75, 3.05) is 19.1 Å². The number of likely N-dealkylation sites (N-methyl/N-ethyl adjacent to an activating group) is 1. The maximum atomic E-state index is 13.2. The van der Waals surface area contributed by atoms with Crippen LogP contribution in [0.4, 0.5) is 10.5 Å². The molecule has 0 heterocycles. The molecule has 1 atom stereocenters. The van der Waals surface area contributed by atoms with Gasteiger partial charge in [-0.1, -0.05) is 39.0 Å². The molecule has 0 bridgehead atoms. The van der Waals surface area contributed by atoms with Crippen LogP contribution in [0, 0.1) is 0 Å². The first-order valence-electron chi connectivity index (χ1n) is 9.56. The average Bonchev–Trinajstić information content (AvgIpc) is 2.70. The zero-order valence-electron chi connectivity index (χ0n) is 17.9. The van der Waals surface area contributed by atoms with E-state index in [0.717, 1.165) is 11.3 Å². The molecule has 2 rings (SSSR count). The highest BCUT2D eigenvalue weighted by molar-refractivity contribution is 5.98. The zero-order chi connectivity index (χ0) is 22.5. The Morgan fingerprint density at radius 1 is 1.20 bits per heavy atom. The zero-order valence-corrected chi connectivity index (χ0v) is 17.9. The number of anilines is 1. The summed E-state index contributed by atoms with van der Waals surface area (Å²) < 4.78 is 5.45. The fourth-order valence-corrected chi connectivity index (χ4v) is 3.23. The SMILES string of the molecule is COc1ccc(N(C)C(=O)C(Cc2cccc(C=O)c2)NC(=O)O)cc1C(C)(C)C. The Balaban J connectivity index is 2.35. The summed E-state index contributed by atoms with van der Waals surface area (Å²) in [6, 6.07) is 11.2. The number of ether oxygens (including phenoxy) is 1. The summed E-state index contributed by atoms with van der Waals surface area (Å²) in [5.74, 6) is 0.317. The summed E-state index contributed by atoms with van der Waals surface area (Å²) in [6.07, 6.45) is -0.458. The third kappa shape index (κ3) is 5.59. The summed E-state index contributed by atoms with van der Waals surface area (Å²) in [5, 5.41) is 11.5. The highest BCUT2D eigenvalue weighted by atomic mass is 16.5. The van der Waals surface area contributed by atoms with Crippen molar-refractivity contribution in [1.29, 1.82) is 0 Å². The van der Waals surface area contributed by atoms with Gasteiger partial charge < -0.3 is 20.1 Å². The molecule has 2 N–H and O–H groups in total. The van der Waals surface area contributed by atoms with E-state index < -0.39 is 18.0 Å². The number of nitrogens with zero attached hydrogens (tertiary/aromatic N) is 1. The number of carboxylic acid groups (broad SMARTS) is 1. The third-order valence-corrected chi connectivity index (χ3v) is 4.83. The Bertz CT molecular complexity index is 933. The van der Waals surface area contributed by atoms with Crippen LogP contribution in [0.5, 0.6) is 5.75 Å². The molecule has 0 aliphatic rings. The third-order valence-electron chi connectivity index (χ3n) is 4.83. The Hall–Kier alpha value is -3.35. The minimum absolute atomic E-state index is 0.124. The van der Waals surface area contributed by atoms with Crippen LogP contribution in [0.25, 0.3) is 0 Å². The van der Waals surface area contributed by atoms with Gasteiger partial charge >= 0.3 is 6.09 Å². The first-order valence-corrected chi connectivity index (χ1v) is 9.56. The van der Waals surface area contributed by atoms with Gasteiger partial charge in [-0.15, -0.1) is 0 Å². The maximum absolute atomic E-state index is 13.2. The second kappa shape index (κ2) is 9.43. The Morgan fingerprint density at radius 2 is 1.90 bits per heavy atom. The van der Waals surface area contributed by atoms with Gasteiger partial charge in [-0.25, -0.2) is 4.79 Å². The lowest BCUT2D eigenvalue weighted by Gasteiger charge is -2.27. The molecule has 0 radical (unpaired) electrons. The fourth-order valence-electron chi connectivity index (χ4n) is 3.23. The number of methoxy groups -OCH3 is 1. The average molecular weight is 412 g/mol. The van der Waals surface area contributed by atoms with Crippen molar-refractivity contribution in [3.63, 3.8) is 0 Å². The molecule has 160 valence electrons. The van der Waals surface area contributed by atoms with Gasteiger partial charge in [-0.3, -0.25) is 9.59 Å². The van der Waals surface area contributed by atoms with Gasteiger partial charge in [0.05, 0.1) is 7.11 Å². The maximum Gasteiger partial charge on any atom is 0.405 e. The topological polar surface area (TPSA) is 95.9 Å². The standard InChI is InChI=1S/C23H28N2O5/c1-23(2,3)18-13-17(9-10-20(18)30-5)25(4)21(27)19(24-22(28)29)12-15-7-6-8-16(11-15)14-26/h6-11,13-14,19,24H,12H2,1-5H3,(H,28,29). The van der Waals surface area contributed by atoms with Gasteiger partial charge in [0.2, 0.25) is 5.91 Å². The molecule has 0 saturated carbocycles. The monoisotopic (exact) mass is 412 g/mol. The quantitative estimate of drug-likeness (QED) is 0.677. The number of benzene rings is 2. The lowest BCUT2D eigenvalue weighted by Crippen LogP contribution is -2.48. The first kappa shape index (κ1) is 22.9. The number of carbonyl (C=O) groups excluding carboxylic acids is 2. The van der Waals surface area contributed by atoms with Crippen molar-refractivity contribution in [1.82, 2.24) is 5.32 Å². The molecule has 0 aliphatic heterocycles. The lowest BCUT2D eigenvalue weighted by atomic mass is 9.86. The molecule has 0 aromatic heterocycles. The summed E-state index contributed by atoms with van der Waals surface area (Å²) in [5.41, 5.74) is 2.50. The van der Waals surface area contributed by atoms with E-state index in [9.17, 15) is 19.5 Å². The number of aldehydes is 1. The smallest absolute Gasteiger partial charge is 0.405 e. The molecular formula is C23H28N2O5. The number of hydrogen-bond donors (Lipinski definition) is 2. The van der Waals surface area contributed by atoms with Crippen LogP contribution in [0.2, 0.25) is 0 Å². The number of hydrogen-bond acceptors (Lipinski definition) is 4. The molecule has 30 heavy (non-hydrogen) atoms. The van der Waals surface area contributed by atoms with Crippen LogP contribution >= 0.6 is 0 Å². The van der Waals surface area contributed by atoms with Crippen molar-refractivity contribution < 1.29 is 24.2 Å². The van der Waals surface area contributed by atoms with Gasteiger partial charge in [0.1, 0.15) is 18.1 Å². The normalized spacial score (nSPS) is 12.0. The van der Waals surface area contributed by atoms with Gasteiger partial charge in [0, 0.05) is 30.3 Å². The molecule has 2 amide bonds. The van der Waals surface area contributed by atoms with Crippen molar-refractivity contribution >= 4 is 24.0 Å². The summed E-state index contributed by atoms with van der Waals surface area (Å²) in [4.78, 5) is 36.9. The Kier molecular flexibility index (Phi) is 7.21. The first-order chi connectivity index (χ1) is 14.1. The number of carbonyl (C=O) groups is 3. The van der Waals surface area contributed by atoms with Crippen molar-refractivity contribution in [2.45, 2.75) is 38.6 Å². The summed E-state index contributed by atoms with van der Waals surface area (Å²) in [7, 11) is 3.20. The minimum Gasteiger partial charge on any atom is -0.496 e. The minimum atomic E-state index is -1.29. The molecule has 1 unspecified atom stereocenters. The number of rotatable bonds is 7. The second-order valence-corrected chi connectivity index (χ2v) is 8.10. The molecule has 0 aliphatic carbocycles. The van der Waals surface area contributed by atoms with Crippen LogP contribution in [0.15, 0.2) is 42.5 Å². The highest BCUT2D eigenvalue weighted by Gasteiger charge is 2.27. The van der Waals surface area contributed by atoms with Gasteiger partial charge in [-0.2, -0.15) is 0 Å². The number of nitrogens with one attached hydrogen (secondary N) is 1. The Morgan fingerprint density at radius 3 is 2.47 bits per heavy atom.